The van der Waals surface area contributed by atoms with Crippen LogP contribution in [0, 0.1) is 13.8 Å². The lowest BCUT2D eigenvalue weighted by molar-refractivity contribution is 0.265. The first-order chi connectivity index (χ1) is 13.4. The van der Waals surface area contributed by atoms with E-state index in [4.69, 9.17) is 20.5 Å². The van der Waals surface area contributed by atoms with E-state index in [0.717, 1.165) is 12.2 Å². The number of nitrogens with zero attached hydrogens (tertiary/aromatic N) is 3. The van der Waals surface area contributed by atoms with Crippen molar-refractivity contribution in [2.24, 2.45) is 0 Å². The smallest absolute Gasteiger partial charge is 0.243 e. The maximum absolute atomic E-state index is 13.2. The second-order valence-electron chi connectivity index (χ2n) is 6.93. The van der Waals surface area contributed by atoms with E-state index in [1.54, 1.807) is 31.2 Å². The molecule has 7 nitrogen and oxygen atoms in total. The number of aromatic nitrogens is 2. The van der Waals surface area contributed by atoms with Crippen molar-refractivity contribution < 1.29 is 17.4 Å². The monoisotopic (exact) mass is 421 g/mol. The van der Waals surface area contributed by atoms with Gasteiger partial charge in [0.2, 0.25) is 21.7 Å². The number of furan rings is 1. The van der Waals surface area contributed by atoms with Gasteiger partial charge in [0.15, 0.2) is 5.76 Å². The Labute approximate surface area is 168 Å². The summed E-state index contributed by atoms with van der Waals surface area (Å²) in [6.07, 6.45) is 1.49. The van der Waals surface area contributed by atoms with Crippen LogP contribution >= 0.6 is 11.6 Å². The van der Waals surface area contributed by atoms with E-state index in [1.165, 1.54) is 4.31 Å². The minimum atomic E-state index is -3.66. The second-order valence-corrected chi connectivity index (χ2v) is 9.25. The number of piperidine rings is 1. The summed E-state index contributed by atoms with van der Waals surface area (Å²) in [6, 6.07) is 8.53. The van der Waals surface area contributed by atoms with Gasteiger partial charge in [0.1, 0.15) is 5.76 Å². The quantitative estimate of drug-likeness (QED) is 0.628. The molecule has 0 radical (unpaired) electrons. The molecule has 1 fully saturated rings. The number of halogens is 1. The number of sulfonamides is 1. The predicted molar refractivity (Wildman–Crippen MR) is 104 cm³/mol. The lowest BCUT2D eigenvalue weighted by Crippen LogP contribution is -2.39. The number of benzene rings is 1. The Bertz CT molecular complexity index is 1110. The van der Waals surface area contributed by atoms with Crippen molar-refractivity contribution in [2.45, 2.75) is 37.5 Å². The zero-order valence-electron chi connectivity index (χ0n) is 15.6. The molecule has 0 unspecified atom stereocenters. The van der Waals surface area contributed by atoms with E-state index in [1.807, 2.05) is 13.0 Å². The summed E-state index contributed by atoms with van der Waals surface area (Å²) in [6.45, 7) is 4.29. The molecule has 3 heterocycles. The van der Waals surface area contributed by atoms with E-state index in [2.05, 4.69) is 10.1 Å². The highest BCUT2D eigenvalue weighted by molar-refractivity contribution is 7.89. The average molecular weight is 422 g/mol. The third-order valence-electron chi connectivity index (χ3n) is 4.97. The zero-order valence-corrected chi connectivity index (χ0v) is 17.1. The van der Waals surface area contributed by atoms with Crippen molar-refractivity contribution in [3.63, 3.8) is 0 Å². The van der Waals surface area contributed by atoms with Crippen LogP contribution in [0.4, 0.5) is 0 Å². The van der Waals surface area contributed by atoms with Gasteiger partial charge in [-0.2, -0.15) is 9.29 Å². The zero-order chi connectivity index (χ0) is 19.9. The lowest BCUT2D eigenvalue weighted by Gasteiger charge is -2.30. The first kappa shape index (κ1) is 19.2. The van der Waals surface area contributed by atoms with Gasteiger partial charge < -0.3 is 8.94 Å². The Hall–Kier alpha value is -2.16. The molecule has 0 aliphatic carbocycles. The lowest BCUT2D eigenvalue weighted by atomic mass is 10.00. The van der Waals surface area contributed by atoms with Crippen molar-refractivity contribution in [3.8, 4) is 11.6 Å². The fourth-order valence-electron chi connectivity index (χ4n) is 3.42. The highest BCUT2D eigenvalue weighted by Gasteiger charge is 2.34. The molecule has 1 atom stereocenters. The molecule has 28 heavy (non-hydrogen) atoms. The van der Waals surface area contributed by atoms with Crippen LogP contribution < -0.4 is 0 Å². The minimum absolute atomic E-state index is 0.166. The predicted octanol–water partition coefficient (Wildman–Crippen LogP) is 4.17. The Morgan fingerprint density at radius 3 is 2.79 bits per heavy atom. The summed E-state index contributed by atoms with van der Waals surface area (Å²) in [5, 5.41) is 4.42. The Morgan fingerprint density at radius 2 is 2.04 bits per heavy atom. The summed E-state index contributed by atoms with van der Waals surface area (Å²) in [7, 11) is -3.66. The molecule has 148 valence electrons. The summed E-state index contributed by atoms with van der Waals surface area (Å²) >= 11 is 6.12. The first-order valence-corrected chi connectivity index (χ1v) is 10.8. The first-order valence-electron chi connectivity index (χ1n) is 9.02. The molecule has 0 bridgehead atoms. The standard InChI is InChI=1S/C19H20ClN3O4S/c1-12-8-9-16(26-12)18-21-19(27-22-18)14-5-4-10-23(11-14)28(24,25)17-7-3-6-15(20)13(17)2/h3,6-9,14H,4-5,10-11H2,1-2H3/t14-/m1/s1. The van der Waals surface area contributed by atoms with Crippen LogP contribution in [0.5, 0.6) is 0 Å². The minimum Gasteiger partial charge on any atom is -0.458 e. The maximum atomic E-state index is 13.2. The van der Waals surface area contributed by atoms with Gasteiger partial charge >= 0.3 is 0 Å². The summed E-state index contributed by atoms with van der Waals surface area (Å²) < 4.78 is 38.7. The molecule has 4 rings (SSSR count). The largest absolute Gasteiger partial charge is 0.458 e. The number of rotatable bonds is 4. The van der Waals surface area contributed by atoms with Gasteiger partial charge in [-0.05, 0) is 56.5 Å². The highest BCUT2D eigenvalue weighted by Crippen LogP contribution is 2.32. The molecule has 1 aliphatic heterocycles. The van der Waals surface area contributed by atoms with Gasteiger partial charge in [-0.15, -0.1) is 0 Å². The van der Waals surface area contributed by atoms with E-state index < -0.39 is 10.0 Å². The van der Waals surface area contributed by atoms with Crippen molar-refractivity contribution in [1.29, 1.82) is 0 Å². The van der Waals surface area contributed by atoms with Crippen LogP contribution in [0.15, 0.2) is 44.2 Å². The Kier molecular flexibility index (Phi) is 5.03. The highest BCUT2D eigenvalue weighted by atomic mass is 35.5. The second kappa shape index (κ2) is 7.35. The molecule has 2 aromatic heterocycles. The fraction of sp³-hybridized carbons (Fsp3) is 0.368. The van der Waals surface area contributed by atoms with Crippen molar-refractivity contribution in [2.75, 3.05) is 13.1 Å². The summed E-state index contributed by atoms with van der Waals surface area (Å²) in [5.74, 6) is 1.91. The van der Waals surface area contributed by atoms with Gasteiger partial charge in [0, 0.05) is 18.1 Å². The molecule has 3 aromatic rings. The van der Waals surface area contributed by atoms with E-state index >= 15 is 0 Å². The van der Waals surface area contributed by atoms with Crippen LogP contribution in [0.2, 0.25) is 5.02 Å². The van der Waals surface area contributed by atoms with Crippen LogP contribution in [0.3, 0.4) is 0 Å². The van der Waals surface area contributed by atoms with Crippen molar-refractivity contribution >= 4 is 21.6 Å². The van der Waals surface area contributed by atoms with Crippen LogP contribution in [-0.4, -0.2) is 36.0 Å². The molecule has 0 saturated carbocycles. The van der Waals surface area contributed by atoms with E-state index in [-0.39, 0.29) is 17.4 Å². The molecule has 1 aromatic carbocycles. The van der Waals surface area contributed by atoms with Gasteiger partial charge in [0.25, 0.3) is 0 Å². The Morgan fingerprint density at radius 1 is 1.21 bits per heavy atom. The number of aryl methyl sites for hydroxylation is 1. The normalized spacial score (nSPS) is 18.5. The molecule has 0 amide bonds. The summed E-state index contributed by atoms with van der Waals surface area (Å²) in [4.78, 5) is 4.66. The van der Waals surface area contributed by atoms with E-state index in [9.17, 15) is 8.42 Å². The number of hydrogen-bond donors (Lipinski definition) is 0. The van der Waals surface area contributed by atoms with Crippen LogP contribution in [-0.2, 0) is 10.0 Å². The molecule has 9 heteroatoms. The van der Waals surface area contributed by atoms with Gasteiger partial charge in [0.05, 0.1) is 10.8 Å². The molecular weight excluding hydrogens is 402 g/mol. The fourth-order valence-corrected chi connectivity index (χ4v) is 5.43. The number of hydrogen-bond acceptors (Lipinski definition) is 6. The third kappa shape index (κ3) is 3.47. The molecular formula is C19H20ClN3O4S. The topological polar surface area (TPSA) is 89.4 Å². The van der Waals surface area contributed by atoms with Gasteiger partial charge in [-0.3, -0.25) is 0 Å². The third-order valence-corrected chi connectivity index (χ3v) is 7.39. The molecule has 0 spiro atoms. The summed E-state index contributed by atoms with van der Waals surface area (Å²) in [5.41, 5.74) is 0.555. The van der Waals surface area contributed by atoms with Crippen LogP contribution in [0.25, 0.3) is 11.6 Å². The van der Waals surface area contributed by atoms with E-state index in [0.29, 0.717) is 41.0 Å². The molecule has 0 N–H and O–H groups in total. The Balaban J connectivity index is 1.58. The van der Waals surface area contributed by atoms with Crippen molar-refractivity contribution in [1.82, 2.24) is 14.4 Å². The molecule has 1 saturated heterocycles. The van der Waals surface area contributed by atoms with Gasteiger partial charge in [-0.1, -0.05) is 22.8 Å². The van der Waals surface area contributed by atoms with Crippen molar-refractivity contribution in [3.05, 3.63) is 52.6 Å². The van der Waals surface area contributed by atoms with Crippen LogP contribution in [0.1, 0.15) is 36.0 Å². The SMILES string of the molecule is Cc1ccc(-c2noc([C@@H]3CCCN(S(=O)(=O)c4cccc(Cl)c4C)C3)n2)o1. The van der Waals surface area contributed by atoms with Gasteiger partial charge in [-0.25, -0.2) is 8.42 Å². The maximum Gasteiger partial charge on any atom is 0.243 e. The molecule has 1 aliphatic rings. The average Bonchev–Trinajstić information content (AvgIpc) is 3.33.